The van der Waals surface area contributed by atoms with Crippen LogP contribution in [0.5, 0.6) is 5.75 Å². The van der Waals surface area contributed by atoms with E-state index in [2.05, 4.69) is 27.3 Å². The van der Waals surface area contributed by atoms with Gasteiger partial charge in [0.25, 0.3) is 0 Å². The third kappa shape index (κ3) is 3.54. The van der Waals surface area contributed by atoms with Crippen molar-refractivity contribution in [1.29, 1.82) is 5.26 Å². The molecule has 0 aromatic heterocycles. The first-order valence-electron chi connectivity index (χ1n) is 4.72. The molecule has 3 nitrogen and oxygen atoms in total. The zero-order chi connectivity index (χ0) is 11.3. The van der Waals surface area contributed by atoms with Gasteiger partial charge in [-0.3, -0.25) is 0 Å². The highest BCUT2D eigenvalue weighted by Gasteiger charge is 2.04. The van der Waals surface area contributed by atoms with Crippen molar-refractivity contribution in [3.8, 4) is 11.8 Å². The molecule has 0 spiro atoms. The molecule has 0 heterocycles. The molecular weight excluding hydrogens is 256 g/mol. The summed E-state index contributed by atoms with van der Waals surface area (Å²) < 4.78 is 0.690. The van der Waals surface area contributed by atoms with Crippen LogP contribution in [0.4, 0.5) is 0 Å². The summed E-state index contributed by atoms with van der Waals surface area (Å²) in [6.07, 6.45) is 0. The predicted molar refractivity (Wildman–Crippen MR) is 62.3 cm³/mol. The number of benzene rings is 1. The maximum absolute atomic E-state index is 9.67. The summed E-state index contributed by atoms with van der Waals surface area (Å²) in [7, 11) is 0. The number of nitrogens with one attached hydrogen (secondary N) is 1. The first kappa shape index (κ1) is 12.0. The van der Waals surface area contributed by atoms with E-state index in [9.17, 15) is 5.11 Å². The number of halogens is 1. The van der Waals surface area contributed by atoms with Crippen LogP contribution in [0.1, 0.15) is 12.5 Å². The van der Waals surface area contributed by atoms with Gasteiger partial charge in [-0.1, -0.05) is 12.1 Å². The summed E-state index contributed by atoms with van der Waals surface area (Å²) in [4.78, 5) is 0. The van der Waals surface area contributed by atoms with Gasteiger partial charge in [0.15, 0.2) is 0 Å². The maximum Gasteiger partial charge on any atom is 0.134 e. The minimum Gasteiger partial charge on any atom is -0.506 e. The summed E-state index contributed by atoms with van der Waals surface area (Å²) >= 11 is 3.25. The van der Waals surface area contributed by atoms with Crippen molar-refractivity contribution in [1.82, 2.24) is 5.32 Å². The zero-order valence-electron chi connectivity index (χ0n) is 8.50. The van der Waals surface area contributed by atoms with Crippen molar-refractivity contribution < 1.29 is 5.11 Å². The van der Waals surface area contributed by atoms with Gasteiger partial charge >= 0.3 is 0 Å². The van der Waals surface area contributed by atoms with Crippen LogP contribution >= 0.6 is 15.9 Å². The van der Waals surface area contributed by atoms with Crippen LogP contribution < -0.4 is 5.32 Å². The minimum absolute atomic E-state index is 0.0145. The highest BCUT2D eigenvalue weighted by atomic mass is 79.9. The van der Waals surface area contributed by atoms with Gasteiger partial charge in [-0.15, -0.1) is 0 Å². The van der Waals surface area contributed by atoms with E-state index >= 15 is 0 Å². The predicted octanol–water partition coefficient (Wildman–Crippen LogP) is 2.40. The number of para-hydroxylation sites is 1. The van der Waals surface area contributed by atoms with Crippen LogP contribution in [-0.2, 0) is 6.54 Å². The Morgan fingerprint density at radius 3 is 3.00 bits per heavy atom. The lowest BCUT2D eigenvalue weighted by molar-refractivity contribution is 0.459. The van der Waals surface area contributed by atoms with E-state index in [4.69, 9.17) is 5.26 Å². The maximum atomic E-state index is 9.67. The molecule has 80 valence electrons. The second-order valence-corrected chi connectivity index (χ2v) is 4.26. The average molecular weight is 269 g/mol. The molecule has 0 fully saturated rings. The number of hydrogen-bond acceptors (Lipinski definition) is 3. The molecule has 0 saturated heterocycles. The number of hydrogen-bond donors (Lipinski definition) is 2. The molecule has 1 rings (SSSR count). The topological polar surface area (TPSA) is 56.0 Å². The SMILES string of the molecule is CC(C#N)CNCc1cccc(Br)c1O. The number of phenolic OH excluding ortho intramolecular Hbond substituents is 1. The summed E-state index contributed by atoms with van der Waals surface area (Å²) in [5, 5.41) is 21.4. The van der Waals surface area contributed by atoms with Crippen molar-refractivity contribution in [2.45, 2.75) is 13.5 Å². The fourth-order valence-corrected chi connectivity index (χ4v) is 1.58. The lowest BCUT2D eigenvalue weighted by atomic mass is 10.2. The van der Waals surface area contributed by atoms with Crippen LogP contribution in [0, 0.1) is 17.2 Å². The minimum atomic E-state index is -0.0145. The first-order chi connectivity index (χ1) is 7.15. The Labute approximate surface area is 97.9 Å². The van der Waals surface area contributed by atoms with E-state index in [1.807, 2.05) is 19.1 Å². The van der Waals surface area contributed by atoms with Crippen molar-refractivity contribution in [2.24, 2.45) is 5.92 Å². The molecule has 1 unspecified atom stereocenters. The summed E-state index contributed by atoms with van der Waals surface area (Å²) in [6, 6.07) is 7.65. The first-order valence-corrected chi connectivity index (χ1v) is 5.51. The molecule has 0 amide bonds. The Balaban J connectivity index is 2.52. The Morgan fingerprint density at radius 2 is 2.33 bits per heavy atom. The van der Waals surface area contributed by atoms with Crippen LogP contribution in [0.25, 0.3) is 0 Å². The number of phenols is 1. The second-order valence-electron chi connectivity index (χ2n) is 3.41. The zero-order valence-corrected chi connectivity index (χ0v) is 10.1. The molecule has 15 heavy (non-hydrogen) atoms. The van der Waals surface area contributed by atoms with Crippen LogP contribution in [0.2, 0.25) is 0 Å². The van der Waals surface area contributed by atoms with Crippen molar-refractivity contribution >= 4 is 15.9 Å². The van der Waals surface area contributed by atoms with Gasteiger partial charge in [-0.05, 0) is 28.9 Å². The van der Waals surface area contributed by atoms with Gasteiger partial charge in [0.05, 0.1) is 16.5 Å². The summed E-state index contributed by atoms with van der Waals surface area (Å²) in [6.45, 7) is 3.05. The van der Waals surface area contributed by atoms with Crippen molar-refractivity contribution in [2.75, 3.05) is 6.54 Å². The largest absolute Gasteiger partial charge is 0.506 e. The molecule has 0 saturated carbocycles. The molecule has 1 aromatic carbocycles. The number of aromatic hydroxyl groups is 1. The molecule has 4 heteroatoms. The lowest BCUT2D eigenvalue weighted by Crippen LogP contribution is -2.19. The third-order valence-electron chi connectivity index (χ3n) is 2.06. The average Bonchev–Trinajstić information content (AvgIpc) is 2.24. The van der Waals surface area contributed by atoms with E-state index in [0.717, 1.165) is 5.56 Å². The van der Waals surface area contributed by atoms with E-state index in [-0.39, 0.29) is 11.7 Å². The molecule has 0 aliphatic heterocycles. The normalized spacial score (nSPS) is 12.1. The van der Waals surface area contributed by atoms with Gasteiger partial charge < -0.3 is 10.4 Å². The Hall–Kier alpha value is -1.05. The van der Waals surface area contributed by atoms with Gasteiger partial charge in [-0.25, -0.2) is 0 Å². The summed E-state index contributed by atoms with van der Waals surface area (Å²) in [5.41, 5.74) is 0.828. The smallest absolute Gasteiger partial charge is 0.134 e. The monoisotopic (exact) mass is 268 g/mol. The quantitative estimate of drug-likeness (QED) is 0.882. The number of nitriles is 1. The standard InChI is InChI=1S/C11H13BrN2O/c1-8(5-13)6-14-7-9-3-2-4-10(12)11(9)15/h2-4,8,14-15H,6-7H2,1H3. The molecule has 0 aliphatic carbocycles. The fraction of sp³-hybridized carbons (Fsp3) is 0.364. The van der Waals surface area contributed by atoms with E-state index in [1.54, 1.807) is 6.07 Å². The van der Waals surface area contributed by atoms with Crippen molar-refractivity contribution in [3.05, 3.63) is 28.2 Å². The third-order valence-corrected chi connectivity index (χ3v) is 2.70. The number of nitrogens with zero attached hydrogens (tertiary/aromatic N) is 1. The second kappa shape index (κ2) is 5.74. The highest BCUT2D eigenvalue weighted by Crippen LogP contribution is 2.27. The fourth-order valence-electron chi connectivity index (χ4n) is 1.17. The molecule has 0 bridgehead atoms. The molecular formula is C11H13BrN2O. The molecule has 2 N–H and O–H groups in total. The lowest BCUT2D eigenvalue weighted by Gasteiger charge is -2.08. The van der Waals surface area contributed by atoms with Crippen molar-refractivity contribution in [3.63, 3.8) is 0 Å². The Bertz CT molecular complexity index is 373. The molecule has 0 aliphatic rings. The molecule has 1 atom stereocenters. The number of rotatable bonds is 4. The van der Waals surface area contributed by atoms with E-state index in [0.29, 0.717) is 17.6 Å². The van der Waals surface area contributed by atoms with Crippen LogP contribution in [0.15, 0.2) is 22.7 Å². The van der Waals surface area contributed by atoms with Crippen LogP contribution in [0.3, 0.4) is 0 Å². The summed E-state index contributed by atoms with van der Waals surface area (Å²) in [5.74, 6) is 0.244. The Kier molecular flexibility index (Phi) is 4.60. The van der Waals surface area contributed by atoms with E-state index < -0.39 is 0 Å². The highest BCUT2D eigenvalue weighted by molar-refractivity contribution is 9.10. The van der Waals surface area contributed by atoms with Crippen LogP contribution in [-0.4, -0.2) is 11.7 Å². The van der Waals surface area contributed by atoms with Gasteiger partial charge in [0.2, 0.25) is 0 Å². The molecule has 1 aromatic rings. The Morgan fingerprint density at radius 1 is 1.60 bits per heavy atom. The van der Waals surface area contributed by atoms with Gasteiger partial charge in [0, 0.05) is 18.7 Å². The van der Waals surface area contributed by atoms with E-state index in [1.165, 1.54) is 0 Å². The van der Waals surface area contributed by atoms with Gasteiger partial charge in [-0.2, -0.15) is 5.26 Å². The van der Waals surface area contributed by atoms with Gasteiger partial charge in [0.1, 0.15) is 5.75 Å². The molecule has 0 radical (unpaired) electrons.